The lowest BCUT2D eigenvalue weighted by Gasteiger charge is -2.19. The fourth-order valence-corrected chi connectivity index (χ4v) is 2.49. The SMILES string of the molecule is CC(C)(C)NCc1ccn(-c2ccc(Br)c(Cl)c2Cl)n1. The molecule has 0 unspecified atom stereocenters. The standard InChI is InChI=1S/C14H16BrCl2N3/c1-14(2,3)18-8-9-6-7-20(19-9)11-5-4-10(15)12(16)13(11)17/h4-7,18H,8H2,1-3H3. The molecule has 0 bridgehead atoms. The molecule has 1 aromatic carbocycles. The van der Waals surface area contributed by atoms with Gasteiger partial charge in [-0.15, -0.1) is 0 Å². The maximum absolute atomic E-state index is 6.25. The van der Waals surface area contributed by atoms with Gasteiger partial charge in [0.15, 0.2) is 0 Å². The monoisotopic (exact) mass is 375 g/mol. The van der Waals surface area contributed by atoms with Gasteiger partial charge in [-0.05, 0) is 54.9 Å². The number of aromatic nitrogens is 2. The third-order valence-electron chi connectivity index (χ3n) is 2.71. The Morgan fingerprint density at radius 2 is 1.90 bits per heavy atom. The van der Waals surface area contributed by atoms with E-state index in [9.17, 15) is 0 Å². The van der Waals surface area contributed by atoms with E-state index < -0.39 is 0 Å². The smallest absolute Gasteiger partial charge is 0.0860 e. The molecule has 6 heteroatoms. The molecule has 0 spiro atoms. The van der Waals surface area contributed by atoms with Crippen molar-refractivity contribution in [3.05, 3.63) is 44.6 Å². The Labute approximate surface area is 137 Å². The van der Waals surface area contributed by atoms with Gasteiger partial charge in [-0.3, -0.25) is 0 Å². The quantitative estimate of drug-likeness (QED) is 0.777. The van der Waals surface area contributed by atoms with Gasteiger partial charge in [0.2, 0.25) is 0 Å². The minimum atomic E-state index is 0.0579. The topological polar surface area (TPSA) is 29.9 Å². The van der Waals surface area contributed by atoms with Crippen molar-refractivity contribution in [3.63, 3.8) is 0 Å². The lowest BCUT2D eigenvalue weighted by atomic mass is 10.1. The summed E-state index contributed by atoms with van der Waals surface area (Å²) in [7, 11) is 0. The average molecular weight is 377 g/mol. The zero-order valence-corrected chi connectivity index (χ0v) is 14.6. The van der Waals surface area contributed by atoms with Gasteiger partial charge >= 0.3 is 0 Å². The average Bonchev–Trinajstić information content (AvgIpc) is 2.81. The maximum Gasteiger partial charge on any atom is 0.0860 e. The first-order chi connectivity index (χ1) is 9.28. The zero-order valence-electron chi connectivity index (χ0n) is 11.5. The number of rotatable bonds is 3. The van der Waals surface area contributed by atoms with Crippen LogP contribution >= 0.6 is 39.1 Å². The van der Waals surface area contributed by atoms with E-state index in [1.54, 1.807) is 4.68 Å². The molecule has 1 heterocycles. The van der Waals surface area contributed by atoms with Crippen molar-refractivity contribution in [3.8, 4) is 5.69 Å². The molecule has 0 aliphatic carbocycles. The normalized spacial score (nSPS) is 11.9. The molecule has 0 radical (unpaired) electrons. The van der Waals surface area contributed by atoms with E-state index in [2.05, 4.69) is 47.1 Å². The van der Waals surface area contributed by atoms with E-state index >= 15 is 0 Å². The molecular formula is C14H16BrCl2N3. The van der Waals surface area contributed by atoms with E-state index in [-0.39, 0.29) is 5.54 Å². The van der Waals surface area contributed by atoms with E-state index in [4.69, 9.17) is 23.2 Å². The Balaban J connectivity index is 2.23. The molecule has 0 amide bonds. The largest absolute Gasteiger partial charge is 0.306 e. The highest BCUT2D eigenvalue weighted by atomic mass is 79.9. The van der Waals surface area contributed by atoms with Crippen LogP contribution in [0.3, 0.4) is 0 Å². The molecule has 108 valence electrons. The molecule has 1 aromatic heterocycles. The van der Waals surface area contributed by atoms with E-state index in [1.165, 1.54) is 0 Å². The Kier molecular flexibility index (Phi) is 4.80. The Morgan fingerprint density at radius 3 is 2.55 bits per heavy atom. The van der Waals surface area contributed by atoms with Gasteiger partial charge in [-0.2, -0.15) is 5.10 Å². The van der Waals surface area contributed by atoms with Crippen molar-refractivity contribution in [2.45, 2.75) is 32.9 Å². The number of hydrogen-bond donors (Lipinski definition) is 1. The summed E-state index contributed by atoms with van der Waals surface area (Å²) in [6.45, 7) is 7.07. The molecule has 0 fully saturated rings. The third kappa shape index (κ3) is 3.76. The van der Waals surface area contributed by atoms with Crippen molar-refractivity contribution < 1.29 is 0 Å². The van der Waals surface area contributed by atoms with Crippen molar-refractivity contribution in [1.29, 1.82) is 0 Å². The highest BCUT2D eigenvalue weighted by Gasteiger charge is 2.13. The number of hydrogen-bond acceptors (Lipinski definition) is 2. The van der Waals surface area contributed by atoms with Gasteiger partial charge < -0.3 is 5.32 Å². The molecule has 20 heavy (non-hydrogen) atoms. The fourth-order valence-electron chi connectivity index (χ4n) is 1.64. The van der Waals surface area contributed by atoms with Crippen molar-refractivity contribution in [2.75, 3.05) is 0 Å². The van der Waals surface area contributed by atoms with Gasteiger partial charge in [0.05, 0.1) is 21.4 Å². The molecule has 2 rings (SSSR count). The van der Waals surface area contributed by atoms with E-state index in [0.717, 1.165) is 15.9 Å². The van der Waals surface area contributed by atoms with Crippen LogP contribution in [0.25, 0.3) is 5.69 Å². The van der Waals surface area contributed by atoms with Gasteiger partial charge in [0, 0.05) is 22.8 Å². The van der Waals surface area contributed by atoms with E-state index in [1.807, 2.05) is 24.4 Å². The summed E-state index contributed by atoms with van der Waals surface area (Å²) >= 11 is 15.7. The molecule has 0 saturated carbocycles. The van der Waals surface area contributed by atoms with Crippen LogP contribution < -0.4 is 5.32 Å². The summed E-state index contributed by atoms with van der Waals surface area (Å²) in [5, 5.41) is 8.89. The summed E-state index contributed by atoms with van der Waals surface area (Å²) in [5.74, 6) is 0. The predicted octanol–water partition coefficient (Wildman–Crippen LogP) is 4.83. The van der Waals surface area contributed by atoms with Gasteiger partial charge in [0.25, 0.3) is 0 Å². The predicted molar refractivity (Wildman–Crippen MR) is 87.9 cm³/mol. The lowest BCUT2D eigenvalue weighted by molar-refractivity contribution is 0.420. The van der Waals surface area contributed by atoms with Crippen molar-refractivity contribution >= 4 is 39.1 Å². The second-order valence-electron chi connectivity index (χ2n) is 5.55. The van der Waals surface area contributed by atoms with Crippen LogP contribution in [0, 0.1) is 0 Å². The first-order valence-corrected chi connectivity index (χ1v) is 7.76. The van der Waals surface area contributed by atoms with Gasteiger partial charge in [-0.1, -0.05) is 23.2 Å². The molecule has 3 nitrogen and oxygen atoms in total. The van der Waals surface area contributed by atoms with Crippen LogP contribution in [0.1, 0.15) is 26.5 Å². The summed E-state index contributed by atoms with van der Waals surface area (Å²) in [4.78, 5) is 0. The Bertz CT molecular complexity index is 617. The summed E-state index contributed by atoms with van der Waals surface area (Å²) in [5.41, 5.74) is 1.78. The second kappa shape index (κ2) is 6.06. The van der Waals surface area contributed by atoms with Crippen LogP contribution in [0.5, 0.6) is 0 Å². The molecule has 1 N–H and O–H groups in total. The minimum Gasteiger partial charge on any atom is -0.306 e. The number of benzene rings is 1. The Morgan fingerprint density at radius 1 is 1.20 bits per heavy atom. The van der Waals surface area contributed by atoms with Gasteiger partial charge in [0.1, 0.15) is 0 Å². The molecule has 0 aliphatic heterocycles. The Hall–Kier alpha value is -0.550. The number of halogens is 3. The highest BCUT2D eigenvalue weighted by molar-refractivity contribution is 9.10. The number of nitrogens with zero attached hydrogens (tertiary/aromatic N) is 2. The summed E-state index contributed by atoms with van der Waals surface area (Å²) in [6, 6.07) is 5.70. The van der Waals surface area contributed by atoms with Crippen LogP contribution in [0.4, 0.5) is 0 Å². The zero-order chi connectivity index (χ0) is 14.9. The summed E-state index contributed by atoms with van der Waals surface area (Å²) < 4.78 is 2.51. The molecule has 0 saturated heterocycles. The lowest BCUT2D eigenvalue weighted by Crippen LogP contribution is -2.35. The molecule has 0 atom stereocenters. The van der Waals surface area contributed by atoms with Crippen LogP contribution in [0.2, 0.25) is 10.0 Å². The molecule has 0 aliphatic rings. The number of nitrogens with one attached hydrogen (secondary N) is 1. The minimum absolute atomic E-state index is 0.0579. The first kappa shape index (κ1) is 15.8. The third-order valence-corrected chi connectivity index (χ3v) is 4.47. The highest BCUT2D eigenvalue weighted by Crippen LogP contribution is 2.34. The van der Waals surface area contributed by atoms with Crippen LogP contribution in [0.15, 0.2) is 28.9 Å². The van der Waals surface area contributed by atoms with Crippen LogP contribution in [-0.4, -0.2) is 15.3 Å². The summed E-state index contributed by atoms with van der Waals surface area (Å²) in [6.07, 6.45) is 1.88. The molecule has 2 aromatic rings. The first-order valence-electron chi connectivity index (χ1n) is 6.21. The van der Waals surface area contributed by atoms with Gasteiger partial charge in [-0.25, -0.2) is 4.68 Å². The second-order valence-corrected chi connectivity index (χ2v) is 7.16. The fraction of sp³-hybridized carbons (Fsp3) is 0.357. The van der Waals surface area contributed by atoms with Crippen LogP contribution in [-0.2, 0) is 6.54 Å². The maximum atomic E-state index is 6.25. The van der Waals surface area contributed by atoms with E-state index in [0.29, 0.717) is 16.6 Å². The van der Waals surface area contributed by atoms with Crippen molar-refractivity contribution in [1.82, 2.24) is 15.1 Å². The molecular weight excluding hydrogens is 361 g/mol. The van der Waals surface area contributed by atoms with Crippen molar-refractivity contribution in [2.24, 2.45) is 0 Å².